The molecule has 23 heavy (non-hydrogen) atoms. The van der Waals surface area contributed by atoms with Gasteiger partial charge in [0.2, 0.25) is 0 Å². The van der Waals surface area contributed by atoms with Gasteiger partial charge in [0.15, 0.2) is 0 Å². The first-order chi connectivity index (χ1) is 11.3. The molecule has 0 atom stereocenters. The van der Waals surface area contributed by atoms with Crippen LogP contribution in [0.5, 0.6) is 0 Å². The van der Waals surface area contributed by atoms with Crippen molar-refractivity contribution < 1.29 is 0 Å². The fourth-order valence-corrected chi connectivity index (χ4v) is 4.70. The average Bonchev–Trinajstić information content (AvgIpc) is 2.63. The fraction of sp³-hybridized carbons (Fsp3) is 0.200. The Balaban J connectivity index is 2.13. The van der Waals surface area contributed by atoms with Gasteiger partial charge >= 0.3 is 0 Å². The third-order valence-corrected chi connectivity index (χ3v) is 6.01. The first-order valence-corrected chi connectivity index (χ1v) is 9.43. The lowest BCUT2D eigenvalue weighted by atomic mass is 10.3. The molecule has 2 aromatic heterocycles. The molecule has 0 aliphatic carbocycles. The summed E-state index contributed by atoms with van der Waals surface area (Å²) in [6, 6.07) is 23.3. The van der Waals surface area contributed by atoms with Gasteiger partial charge in [0.1, 0.15) is 0 Å². The Morgan fingerprint density at radius 1 is 0.652 bits per heavy atom. The third kappa shape index (κ3) is 3.65. The highest BCUT2D eigenvalue weighted by atomic mass is 31.1. The third-order valence-electron chi connectivity index (χ3n) is 3.78. The maximum absolute atomic E-state index is 4.89. The molecule has 0 spiro atoms. The van der Waals surface area contributed by atoms with Gasteiger partial charge in [-0.1, -0.05) is 56.3 Å². The minimum atomic E-state index is -0.712. The summed E-state index contributed by atoms with van der Waals surface area (Å²) in [6.45, 7) is 4.29. The normalized spacial score (nSPS) is 10.9. The molecule has 116 valence electrons. The first kappa shape index (κ1) is 15.8. The first-order valence-electron chi connectivity index (χ1n) is 8.09. The van der Waals surface area contributed by atoms with E-state index >= 15 is 0 Å². The smallest absolute Gasteiger partial charge is 0.0740 e. The lowest BCUT2D eigenvalue weighted by molar-refractivity contribution is 1.05. The molecule has 0 N–H and O–H groups in total. The van der Waals surface area contributed by atoms with E-state index in [0.717, 1.165) is 35.1 Å². The van der Waals surface area contributed by atoms with Crippen LogP contribution in [0.2, 0.25) is 0 Å². The molecule has 0 saturated carbocycles. The molecule has 0 unspecified atom stereocenters. The van der Waals surface area contributed by atoms with Crippen molar-refractivity contribution in [2.45, 2.75) is 26.7 Å². The molecular formula is C20H21N2P. The second-order valence-electron chi connectivity index (χ2n) is 5.35. The second kappa shape index (κ2) is 7.48. The van der Waals surface area contributed by atoms with E-state index < -0.39 is 7.92 Å². The van der Waals surface area contributed by atoms with Crippen molar-refractivity contribution in [1.29, 1.82) is 0 Å². The number of nitrogens with zero attached hydrogens (tertiary/aromatic N) is 2. The van der Waals surface area contributed by atoms with Crippen LogP contribution in [-0.2, 0) is 12.8 Å². The van der Waals surface area contributed by atoms with Crippen LogP contribution < -0.4 is 16.2 Å². The van der Waals surface area contributed by atoms with Gasteiger partial charge < -0.3 is 0 Å². The Bertz CT molecular complexity index is 724. The van der Waals surface area contributed by atoms with Crippen molar-refractivity contribution in [3.8, 4) is 0 Å². The zero-order chi connectivity index (χ0) is 16.1. The van der Waals surface area contributed by atoms with E-state index in [1.807, 2.05) is 0 Å². The van der Waals surface area contributed by atoms with E-state index in [1.54, 1.807) is 0 Å². The van der Waals surface area contributed by atoms with Gasteiger partial charge in [-0.05, 0) is 42.4 Å². The minimum Gasteiger partial charge on any atom is -0.252 e. The SMILES string of the molecule is CCc1cccc(P(c2ccccc2)c2cccc(CC)n2)n1. The molecule has 3 heteroatoms. The average molecular weight is 320 g/mol. The van der Waals surface area contributed by atoms with Crippen LogP contribution in [-0.4, -0.2) is 9.97 Å². The van der Waals surface area contributed by atoms with Crippen molar-refractivity contribution in [2.75, 3.05) is 0 Å². The highest BCUT2D eigenvalue weighted by Crippen LogP contribution is 2.31. The molecule has 0 radical (unpaired) electrons. The van der Waals surface area contributed by atoms with Crippen LogP contribution in [0, 0.1) is 0 Å². The summed E-state index contributed by atoms with van der Waals surface area (Å²) in [5, 5.41) is 1.30. The van der Waals surface area contributed by atoms with Gasteiger partial charge in [-0.25, -0.2) is 0 Å². The summed E-state index contributed by atoms with van der Waals surface area (Å²) >= 11 is 0. The Morgan fingerprint density at radius 2 is 1.17 bits per heavy atom. The quantitative estimate of drug-likeness (QED) is 0.674. The number of hydrogen-bond acceptors (Lipinski definition) is 2. The van der Waals surface area contributed by atoms with Crippen LogP contribution in [0.1, 0.15) is 25.2 Å². The molecule has 0 bridgehead atoms. The van der Waals surface area contributed by atoms with Gasteiger partial charge in [-0.15, -0.1) is 0 Å². The van der Waals surface area contributed by atoms with Crippen LogP contribution in [0.25, 0.3) is 0 Å². The maximum atomic E-state index is 4.89. The molecule has 0 saturated heterocycles. The summed E-state index contributed by atoms with van der Waals surface area (Å²) in [6.07, 6.45) is 1.91. The molecule has 2 heterocycles. The number of benzene rings is 1. The predicted octanol–water partition coefficient (Wildman–Crippen LogP) is 3.36. The predicted molar refractivity (Wildman–Crippen MR) is 99.5 cm³/mol. The Labute approximate surface area is 139 Å². The fourth-order valence-electron chi connectivity index (χ4n) is 2.54. The van der Waals surface area contributed by atoms with Crippen LogP contribution >= 0.6 is 7.92 Å². The number of hydrogen-bond donors (Lipinski definition) is 0. The summed E-state index contributed by atoms with van der Waals surface area (Å²) in [7, 11) is -0.712. The Hall–Kier alpha value is -2.05. The zero-order valence-electron chi connectivity index (χ0n) is 13.6. The van der Waals surface area contributed by atoms with Crippen LogP contribution in [0.4, 0.5) is 0 Å². The lowest BCUT2D eigenvalue weighted by Crippen LogP contribution is -2.25. The van der Waals surface area contributed by atoms with Gasteiger partial charge in [0.05, 0.1) is 10.9 Å². The number of rotatable bonds is 5. The molecular weight excluding hydrogens is 299 g/mol. The van der Waals surface area contributed by atoms with Crippen molar-refractivity contribution in [3.63, 3.8) is 0 Å². The van der Waals surface area contributed by atoms with Gasteiger partial charge in [0.25, 0.3) is 0 Å². The molecule has 3 rings (SSSR count). The summed E-state index contributed by atoms with van der Waals surface area (Å²) in [5.74, 6) is 0. The number of aryl methyl sites for hydroxylation is 2. The minimum absolute atomic E-state index is 0.712. The molecule has 0 fully saturated rings. The van der Waals surface area contributed by atoms with Crippen LogP contribution in [0.15, 0.2) is 66.7 Å². The van der Waals surface area contributed by atoms with E-state index in [2.05, 4.69) is 80.6 Å². The largest absolute Gasteiger partial charge is 0.252 e. The second-order valence-corrected chi connectivity index (χ2v) is 7.46. The highest BCUT2D eigenvalue weighted by molar-refractivity contribution is 7.79. The molecule has 0 aliphatic heterocycles. The molecule has 2 nitrogen and oxygen atoms in total. The zero-order valence-corrected chi connectivity index (χ0v) is 14.5. The topological polar surface area (TPSA) is 25.8 Å². The van der Waals surface area contributed by atoms with Gasteiger partial charge in [-0.2, -0.15) is 0 Å². The standard InChI is InChI=1S/C20H21N2P/c1-3-16-10-8-14-19(21-16)23(18-12-6-5-7-13-18)20-15-9-11-17(4-2)22-20/h5-15H,3-4H2,1-2H3. The maximum Gasteiger partial charge on any atom is 0.0740 e. The molecule has 0 amide bonds. The Kier molecular flexibility index (Phi) is 5.15. The molecule has 0 aliphatic rings. The highest BCUT2D eigenvalue weighted by Gasteiger charge is 2.19. The summed E-state index contributed by atoms with van der Waals surface area (Å²) in [4.78, 5) is 9.78. The van der Waals surface area contributed by atoms with Crippen molar-refractivity contribution in [1.82, 2.24) is 9.97 Å². The van der Waals surface area contributed by atoms with E-state index in [0.29, 0.717) is 0 Å². The van der Waals surface area contributed by atoms with Gasteiger partial charge in [-0.3, -0.25) is 9.97 Å². The van der Waals surface area contributed by atoms with Gasteiger partial charge in [0, 0.05) is 19.3 Å². The summed E-state index contributed by atoms with van der Waals surface area (Å²) in [5.41, 5.74) is 4.53. The molecule has 3 aromatic rings. The lowest BCUT2D eigenvalue weighted by Gasteiger charge is -2.18. The van der Waals surface area contributed by atoms with E-state index in [4.69, 9.17) is 9.97 Å². The van der Waals surface area contributed by atoms with E-state index in [-0.39, 0.29) is 0 Å². The monoisotopic (exact) mass is 320 g/mol. The van der Waals surface area contributed by atoms with Crippen molar-refractivity contribution in [2.24, 2.45) is 0 Å². The number of pyridine rings is 2. The Morgan fingerprint density at radius 3 is 1.65 bits per heavy atom. The van der Waals surface area contributed by atoms with Crippen molar-refractivity contribution >= 4 is 24.1 Å². The summed E-state index contributed by atoms with van der Waals surface area (Å²) < 4.78 is 0. The van der Waals surface area contributed by atoms with Crippen LogP contribution in [0.3, 0.4) is 0 Å². The van der Waals surface area contributed by atoms with E-state index in [1.165, 1.54) is 5.30 Å². The molecule has 1 aromatic carbocycles. The van der Waals surface area contributed by atoms with Crippen molar-refractivity contribution in [3.05, 3.63) is 78.1 Å². The van der Waals surface area contributed by atoms with E-state index in [9.17, 15) is 0 Å². The number of aromatic nitrogens is 2.